The van der Waals surface area contributed by atoms with Crippen LogP contribution in [0.4, 0.5) is 5.69 Å². The molecule has 0 amide bonds. The number of benzene rings is 2. The van der Waals surface area contributed by atoms with Crippen LogP contribution in [0, 0.1) is 0 Å². The molecular weight excluding hydrogens is 288 g/mol. The van der Waals surface area contributed by atoms with Crippen LogP contribution in [0.1, 0.15) is 5.56 Å². The van der Waals surface area contributed by atoms with Crippen molar-refractivity contribution in [3.05, 3.63) is 66.2 Å². The van der Waals surface area contributed by atoms with E-state index in [-0.39, 0.29) is 4.90 Å². The molecular formula is C15H14N2O3S. The molecule has 0 saturated heterocycles. The summed E-state index contributed by atoms with van der Waals surface area (Å²) in [5.74, 6) is 0. The summed E-state index contributed by atoms with van der Waals surface area (Å²) in [6, 6.07) is 16.0. The Bertz CT molecular complexity index is 768. The van der Waals surface area contributed by atoms with Crippen molar-refractivity contribution in [2.45, 2.75) is 4.90 Å². The molecule has 3 rings (SSSR count). The summed E-state index contributed by atoms with van der Waals surface area (Å²) in [4.78, 5) is -0.110. The van der Waals surface area contributed by atoms with Gasteiger partial charge in [-0.1, -0.05) is 30.3 Å². The largest absolute Gasteiger partial charge is 0.298 e. The summed E-state index contributed by atoms with van der Waals surface area (Å²) in [7, 11) is -4.15. The van der Waals surface area contributed by atoms with Crippen LogP contribution in [-0.2, 0) is 10.1 Å². The Labute approximate surface area is 123 Å². The average molecular weight is 302 g/mol. The molecule has 0 bridgehead atoms. The fraction of sp³-hybridized carbons (Fsp3) is 0.0667. The first kappa shape index (κ1) is 13.7. The van der Waals surface area contributed by atoms with Gasteiger partial charge in [-0.3, -0.25) is 15.0 Å². The smallest absolute Gasteiger partial charge is 0.294 e. The summed E-state index contributed by atoms with van der Waals surface area (Å²) in [6.07, 6.45) is 2.06. The maximum absolute atomic E-state index is 11.0. The highest BCUT2D eigenvalue weighted by atomic mass is 32.2. The zero-order chi connectivity index (χ0) is 14.9. The number of nitrogens with one attached hydrogen (secondary N) is 1. The molecule has 0 atom stereocenters. The fourth-order valence-corrected chi connectivity index (χ4v) is 2.67. The first-order valence-electron chi connectivity index (χ1n) is 6.41. The highest BCUT2D eigenvalue weighted by molar-refractivity contribution is 7.85. The van der Waals surface area contributed by atoms with Gasteiger partial charge in [0.1, 0.15) is 0 Å². The van der Waals surface area contributed by atoms with E-state index in [0.717, 1.165) is 16.9 Å². The molecule has 21 heavy (non-hydrogen) atoms. The quantitative estimate of drug-likeness (QED) is 0.851. The summed E-state index contributed by atoms with van der Waals surface area (Å²) in [6.45, 7) is 0.676. The molecule has 2 aromatic rings. The minimum Gasteiger partial charge on any atom is -0.298 e. The normalized spacial score (nSPS) is 14.7. The second kappa shape index (κ2) is 5.23. The van der Waals surface area contributed by atoms with Crippen LogP contribution < -0.4 is 10.4 Å². The Hall–Kier alpha value is -2.31. The van der Waals surface area contributed by atoms with E-state index in [1.807, 2.05) is 35.3 Å². The molecule has 2 aromatic carbocycles. The van der Waals surface area contributed by atoms with Gasteiger partial charge in [0.15, 0.2) is 0 Å². The van der Waals surface area contributed by atoms with Crippen LogP contribution in [0.3, 0.4) is 0 Å². The van der Waals surface area contributed by atoms with Crippen molar-refractivity contribution in [3.63, 3.8) is 0 Å². The monoisotopic (exact) mass is 302 g/mol. The number of anilines is 1. The van der Waals surface area contributed by atoms with Gasteiger partial charge in [0.2, 0.25) is 0 Å². The molecule has 6 heteroatoms. The van der Waals surface area contributed by atoms with Crippen LogP contribution in [0.15, 0.2) is 65.6 Å². The van der Waals surface area contributed by atoms with Gasteiger partial charge >= 0.3 is 0 Å². The average Bonchev–Trinajstić information content (AvgIpc) is 2.97. The molecule has 0 aliphatic carbocycles. The van der Waals surface area contributed by atoms with Crippen molar-refractivity contribution >= 4 is 21.5 Å². The predicted molar refractivity (Wildman–Crippen MR) is 81.2 cm³/mol. The minimum atomic E-state index is -4.15. The number of nitrogens with zero attached hydrogens (tertiary/aromatic N) is 1. The van der Waals surface area contributed by atoms with Gasteiger partial charge in [0.25, 0.3) is 10.1 Å². The molecule has 0 fully saturated rings. The van der Waals surface area contributed by atoms with Crippen LogP contribution in [-0.4, -0.2) is 19.5 Å². The van der Waals surface area contributed by atoms with Crippen LogP contribution in [0.25, 0.3) is 5.70 Å². The van der Waals surface area contributed by atoms with Crippen molar-refractivity contribution < 1.29 is 13.0 Å². The van der Waals surface area contributed by atoms with E-state index in [0.29, 0.717) is 6.54 Å². The highest BCUT2D eigenvalue weighted by Crippen LogP contribution is 2.22. The highest BCUT2D eigenvalue weighted by Gasteiger charge is 2.16. The molecule has 5 nitrogen and oxygen atoms in total. The van der Waals surface area contributed by atoms with E-state index >= 15 is 0 Å². The van der Waals surface area contributed by atoms with Crippen molar-refractivity contribution in [2.75, 3.05) is 11.6 Å². The first-order valence-corrected chi connectivity index (χ1v) is 7.85. The first-order chi connectivity index (χ1) is 10.0. The second-order valence-electron chi connectivity index (χ2n) is 4.68. The topological polar surface area (TPSA) is 69.6 Å². The van der Waals surface area contributed by atoms with E-state index in [1.165, 1.54) is 12.1 Å². The van der Waals surface area contributed by atoms with Gasteiger partial charge in [-0.15, -0.1) is 0 Å². The van der Waals surface area contributed by atoms with Crippen LogP contribution in [0.2, 0.25) is 0 Å². The van der Waals surface area contributed by atoms with Gasteiger partial charge in [0.05, 0.1) is 22.8 Å². The van der Waals surface area contributed by atoms with Crippen molar-refractivity contribution in [2.24, 2.45) is 0 Å². The number of hydrogen-bond donors (Lipinski definition) is 2. The van der Waals surface area contributed by atoms with E-state index in [9.17, 15) is 8.42 Å². The van der Waals surface area contributed by atoms with E-state index < -0.39 is 10.1 Å². The van der Waals surface area contributed by atoms with E-state index in [4.69, 9.17) is 4.55 Å². The predicted octanol–water partition coefficient (Wildman–Crippen LogP) is 2.30. The van der Waals surface area contributed by atoms with Crippen LogP contribution >= 0.6 is 0 Å². The standard InChI is InChI=1S/C15H14N2O3S/c18-21(19,20)14-8-6-13(7-9-14)17-11-10-15(16-17)12-4-2-1-3-5-12/h1-10,16H,11H2,(H,18,19,20). The Morgan fingerprint density at radius 1 is 1.00 bits per heavy atom. The molecule has 1 aliphatic rings. The maximum Gasteiger partial charge on any atom is 0.294 e. The molecule has 0 aromatic heterocycles. The van der Waals surface area contributed by atoms with Crippen molar-refractivity contribution in [1.82, 2.24) is 5.43 Å². The third-order valence-corrected chi connectivity index (χ3v) is 4.13. The summed E-state index contributed by atoms with van der Waals surface area (Å²) in [5, 5.41) is 1.90. The number of rotatable bonds is 3. The Balaban J connectivity index is 1.76. The van der Waals surface area contributed by atoms with Crippen molar-refractivity contribution in [1.29, 1.82) is 0 Å². The van der Waals surface area contributed by atoms with Gasteiger partial charge in [-0.25, -0.2) is 0 Å². The second-order valence-corrected chi connectivity index (χ2v) is 6.10. The van der Waals surface area contributed by atoms with Gasteiger partial charge in [-0.05, 0) is 35.9 Å². The minimum absolute atomic E-state index is 0.110. The number of hydrazine groups is 1. The molecule has 0 unspecified atom stereocenters. The number of hydrogen-bond acceptors (Lipinski definition) is 4. The molecule has 0 spiro atoms. The Kier molecular flexibility index (Phi) is 3.40. The summed E-state index contributed by atoms with van der Waals surface area (Å²) >= 11 is 0. The third-order valence-electron chi connectivity index (χ3n) is 3.26. The fourth-order valence-electron chi connectivity index (χ4n) is 2.19. The lowest BCUT2D eigenvalue weighted by atomic mass is 10.2. The van der Waals surface area contributed by atoms with E-state index in [1.54, 1.807) is 12.1 Å². The zero-order valence-electron chi connectivity index (χ0n) is 11.1. The summed E-state index contributed by atoms with van der Waals surface area (Å²) < 4.78 is 31.0. The Morgan fingerprint density at radius 2 is 1.67 bits per heavy atom. The Morgan fingerprint density at radius 3 is 2.29 bits per heavy atom. The molecule has 1 heterocycles. The van der Waals surface area contributed by atoms with Crippen molar-refractivity contribution in [3.8, 4) is 0 Å². The van der Waals surface area contributed by atoms with Gasteiger partial charge in [-0.2, -0.15) is 8.42 Å². The van der Waals surface area contributed by atoms with Crippen LogP contribution in [0.5, 0.6) is 0 Å². The van der Waals surface area contributed by atoms with Gasteiger partial charge < -0.3 is 0 Å². The third kappa shape index (κ3) is 2.91. The lowest BCUT2D eigenvalue weighted by Gasteiger charge is -2.20. The van der Waals surface area contributed by atoms with E-state index in [2.05, 4.69) is 11.5 Å². The summed E-state index contributed by atoms with van der Waals surface area (Å²) in [5.41, 5.74) is 6.19. The SMILES string of the molecule is O=S(=O)(O)c1ccc(N2CC=C(c3ccccc3)N2)cc1. The molecule has 1 aliphatic heterocycles. The lowest BCUT2D eigenvalue weighted by molar-refractivity contribution is 0.483. The van der Waals surface area contributed by atoms with Gasteiger partial charge in [0, 0.05) is 0 Å². The zero-order valence-corrected chi connectivity index (χ0v) is 11.9. The molecule has 108 valence electrons. The maximum atomic E-state index is 11.0. The molecule has 2 N–H and O–H groups in total. The molecule has 0 radical (unpaired) electrons. The lowest BCUT2D eigenvalue weighted by Crippen LogP contribution is -2.31. The molecule has 0 saturated carbocycles.